The molecule has 2 aromatic carbocycles. The molecule has 6 heteroatoms. The van der Waals surface area contributed by atoms with Gasteiger partial charge in [0.05, 0.1) is 5.56 Å². The van der Waals surface area contributed by atoms with E-state index in [2.05, 4.69) is 30.0 Å². The van der Waals surface area contributed by atoms with Gasteiger partial charge in [-0.05, 0) is 48.9 Å². The monoisotopic (exact) mass is 442 g/mol. The van der Waals surface area contributed by atoms with E-state index in [-0.39, 0.29) is 11.9 Å². The molecule has 0 spiro atoms. The van der Waals surface area contributed by atoms with Gasteiger partial charge in [-0.25, -0.2) is 0 Å². The second-order valence-electron chi connectivity index (χ2n) is 9.01. The van der Waals surface area contributed by atoms with E-state index in [0.717, 1.165) is 50.2 Å². The fraction of sp³-hybridized carbons (Fsp3) is 0.423. The highest BCUT2D eigenvalue weighted by Crippen LogP contribution is 2.34. The molecule has 1 amide bonds. The number of carbonyl (C=O) groups excluding carboxylic acids is 1. The third-order valence-electron chi connectivity index (χ3n) is 6.55. The van der Waals surface area contributed by atoms with Gasteiger partial charge in [-0.15, -0.1) is 0 Å². The van der Waals surface area contributed by atoms with Crippen LogP contribution < -0.4 is 0 Å². The third-order valence-corrected chi connectivity index (χ3v) is 6.55. The zero-order chi connectivity index (χ0) is 22.7. The van der Waals surface area contributed by atoms with Crippen LogP contribution in [0.25, 0.3) is 6.08 Å². The topological polar surface area (TPSA) is 23.6 Å². The summed E-state index contributed by atoms with van der Waals surface area (Å²) in [6.45, 7) is 5.30. The molecule has 0 aromatic heterocycles. The molecule has 0 saturated carbocycles. The van der Waals surface area contributed by atoms with Crippen molar-refractivity contribution in [3.05, 3.63) is 76.9 Å². The highest BCUT2D eigenvalue weighted by molar-refractivity contribution is 5.77. The summed E-state index contributed by atoms with van der Waals surface area (Å²) in [5.41, 5.74) is 2.60. The minimum atomic E-state index is -4.34. The van der Waals surface area contributed by atoms with Crippen LogP contribution in [0.3, 0.4) is 0 Å². The molecule has 3 nitrogen and oxygen atoms in total. The summed E-state index contributed by atoms with van der Waals surface area (Å²) in [6.07, 6.45) is 0.160. The molecule has 4 rings (SSSR count). The Morgan fingerprint density at radius 2 is 1.78 bits per heavy atom. The first kappa shape index (κ1) is 22.6. The number of fused-ring (bicyclic) bond motifs is 1. The van der Waals surface area contributed by atoms with Crippen molar-refractivity contribution in [1.29, 1.82) is 0 Å². The van der Waals surface area contributed by atoms with Crippen LogP contribution >= 0.6 is 0 Å². The Hall–Kier alpha value is -2.60. The number of nitrogens with zero attached hydrogens (tertiary/aromatic N) is 2. The lowest BCUT2D eigenvalue weighted by atomic mass is 9.83. The van der Waals surface area contributed by atoms with Crippen LogP contribution in [0.5, 0.6) is 0 Å². The number of piperidine rings is 2. The standard InChI is InChI=1S/C26H29F3N2O/c1-19(15-20-5-3-2-4-6-20)16-30-14-13-24-22(18-30)9-12-25(32)31(24)17-21-7-10-23(11-8-21)26(27,28)29/h2-8,10-11,15,22,24H,9,12-14,16-18H2,1H3/b19-15+/t22-,24+/m1/s1. The van der Waals surface area contributed by atoms with Gasteiger partial charge in [-0.2, -0.15) is 13.2 Å². The Bertz CT molecular complexity index is 953. The first-order valence-corrected chi connectivity index (χ1v) is 11.2. The molecule has 0 radical (unpaired) electrons. The Kier molecular flexibility index (Phi) is 6.70. The van der Waals surface area contributed by atoms with Crippen LogP contribution in [-0.2, 0) is 17.5 Å². The minimum Gasteiger partial charge on any atom is -0.335 e. The second kappa shape index (κ2) is 9.49. The molecule has 2 aliphatic heterocycles. The third kappa shape index (κ3) is 5.41. The Balaban J connectivity index is 1.38. The predicted octanol–water partition coefficient (Wildman–Crippen LogP) is 5.62. The van der Waals surface area contributed by atoms with Gasteiger partial charge in [0.15, 0.2) is 0 Å². The van der Waals surface area contributed by atoms with Gasteiger partial charge in [-0.1, -0.05) is 54.1 Å². The van der Waals surface area contributed by atoms with Crippen LogP contribution in [0.15, 0.2) is 60.2 Å². The van der Waals surface area contributed by atoms with Crippen molar-refractivity contribution in [2.24, 2.45) is 5.92 Å². The normalized spacial score (nSPS) is 22.7. The minimum absolute atomic E-state index is 0.111. The number of benzene rings is 2. The molecule has 2 fully saturated rings. The molecular formula is C26H29F3N2O. The maximum Gasteiger partial charge on any atom is 0.416 e. The van der Waals surface area contributed by atoms with Gasteiger partial charge in [-0.3, -0.25) is 9.69 Å². The molecular weight excluding hydrogens is 413 g/mol. The van der Waals surface area contributed by atoms with Crippen molar-refractivity contribution in [1.82, 2.24) is 9.80 Å². The second-order valence-corrected chi connectivity index (χ2v) is 9.01. The lowest BCUT2D eigenvalue weighted by Gasteiger charge is -2.47. The predicted molar refractivity (Wildman–Crippen MR) is 120 cm³/mol. The molecule has 2 heterocycles. The summed E-state index contributed by atoms with van der Waals surface area (Å²) in [4.78, 5) is 17.0. The number of likely N-dealkylation sites (tertiary alicyclic amines) is 2. The maximum atomic E-state index is 12.8. The maximum absolute atomic E-state index is 12.8. The molecule has 170 valence electrons. The number of alkyl halides is 3. The van der Waals surface area contributed by atoms with E-state index >= 15 is 0 Å². The average Bonchev–Trinajstić information content (AvgIpc) is 2.76. The van der Waals surface area contributed by atoms with Crippen LogP contribution in [-0.4, -0.2) is 41.4 Å². The lowest BCUT2D eigenvalue weighted by Crippen LogP contribution is -2.55. The molecule has 2 aromatic rings. The molecule has 32 heavy (non-hydrogen) atoms. The molecule has 2 saturated heterocycles. The molecule has 0 aliphatic carbocycles. The fourth-order valence-corrected chi connectivity index (χ4v) is 5.00. The summed E-state index contributed by atoms with van der Waals surface area (Å²) < 4.78 is 38.5. The van der Waals surface area contributed by atoms with Gasteiger partial charge in [0, 0.05) is 38.6 Å². The molecule has 2 aliphatic rings. The lowest BCUT2D eigenvalue weighted by molar-refractivity contribution is -0.142. The van der Waals surface area contributed by atoms with E-state index in [1.165, 1.54) is 23.3 Å². The van der Waals surface area contributed by atoms with E-state index in [1.807, 2.05) is 23.1 Å². The van der Waals surface area contributed by atoms with E-state index in [0.29, 0.717) is 18.9 Å². The van der Waals surface area contributed by atoms with E-state index in [1.54, 1.807) is 0 Å². The Morgan fingerprint density at radius 1 is 1.06 bits per heavy atom. The Labute approximate surface area is 187 Å². The quantitative estimate of drug-likeness (QED) is 0.600. The van der Waals surface area contributed by atoms with Crippen molar-refractivity contribution < 1.29 is 18.0 Å². The number of amides is 1. The van der Waals surface area contributed by atoms with Crippen LogP contribution in [0.2, 0.25) is 0 Å². The van der Waals surface area contributed by atoms with E-state index in [9.17, 15) is 18.0 Å². The van der Waals surface area contributed by atoms with Crippen molar-refractivity contribution in [3.63, 3.8) is 0 Å². The van der Waals surface area contributed by atoms with Crippen molar-refractivity contribution >= 4 is 12.0 Å². The SMILES string of the molecule is C/C(=C\c1ccccc1)CN1CC[C@H]2[C@H](CCC(=O)N2Cc2ccc(C(F)(F)F)cc2)C1. The van der Waals surface area contributed by atoms with Gasteiger partial charge in [0.1, 0.15) is 0 Å². The average molecular weight is 443 g/mol. The van der Waals surface area contributed by atoms with Crippen molar-refractivity contribution in [2.45, 2.75) is 44.9 Å². The van der Waals surface area contributed by atoms with Crippen molar-refractivity contribution in [3.8, 4) is 0 Å². The van der Waals surface area contributed by atoms with Gasteiger partial charge < -0.3 is 4.90 Å². The number of hydrogen-bond acceptors (Lipinski definition) is 2. The van der Waals surface area contributed by atoms with Crippen LogP contribution in [0, 0.1) is 5.92 Å². The Morgan fingerprint density at radius 3 is 2.47 bits per heavy atom. The number of carbonyl (C=O) groups is 1. The number of halogens is 3. The molecule has 0 bridgehead atoms. The van der Waals surface area contributed by atoms with Crippen LogP contribution in [0.4, 0.5) is 13.2 Å². The van der Waals surface area contributed by atoms with Crippen molar-refractivity contribution in [2.75, 3.05) is 19.6 Å². The summed E-state index contributed by atoms with van der Waals surface area (Å²) in [6, 6.07) is 15.6. The molecule has 0 N–H and O–H groups in total. The molecule has 0 unspecified atom stereocenters. The summed E-state index contributed by atoms with van der Waals surface area (Å²) >= 11 is 0. The zero-order valence-electron chi connectivity index (χ0n) is 18.3. The zero-order valence-corrected chi connectivity index (χ0v) is 18.3. The van der Waals surface area contributed by atoms with Gasteiger partial charge in [0.25, 0.3) is 0 Å². The van der Waals surface area contributed by atoms with Gasteiger partial charge >= 0.3 is 6.18 Å². The fourth-order valence-electron chi connectivity index (χ4n) is 5.00. The number of hydrogen-bond donors (Lipinski definition) is 0. The summed E-state index contributed by atoms with van der Waals surface area (Å²) in [7, 11) is 0. The van der Waals surface area contributed by atoms with E-state index < -0.39 is 11.7 Å². The smallest absolute Gasteiger partial charge is 0.335 e. The number of rotatable bonds is 5. The summed E-state index contributed by atoms with van der Waals surface area (Å²) in [5, 5.41) is 0. The highest BCUT2D eigenvalue weighted by atomic mass is 19.4. The van der Waals surface area contributed by atoms with Crippen LogP contribution in [0.1, 0.15) is 42.9 Å². The first-order chi connectivity index (χ1) is 15.3. The largest absolute Gasteiger partial charge is 0.416 e. The first-order valence-electron chi connectivity index (χ1n) is 11.2. The highest BCUT2D eigenvalue weighted by Gasteiger charge is 2.39. The summed E-state index contributed by atoms with van der Waals surface area (Å²) in [5.74, 6) is 0.514. The molecule has 2 atom stereocenters. The van der Waals surface area contributed by atoms with Gasteiger partial charge in [0.2, 0.25) is 5.91 Å². The van der Waals surface area contributed by atoms with E-state index in [4.69, 9.17) is 0 Å².